The molecule has 0 aliphatic carbocycles. The molecule has 0 fully saturated rings. The second kappa shape index (κ2) is 14.8. The molecule has 1 unspecified atom stereocenters. The van der Waals surface area contributed by atoms with Crippen LogP contribution in [-0.2, 0) is 0 Å². The molecular formula is C59H43N3. The predicted octanol–water partition coefficient (Wildman–Crippen LogP) is 15.9. The van der Waals surface area contributed by atoms with Crippen LogP contribution in [0.5, 0.6) is 0 Å². The van der Waals surface area contributed by atoms with Crippen LogP contribution in [-0.4, -0.2) is 9.55 Å². The van der Waals surface area contributed by atoms with E-state index >= 15 is 0 Å². The van der Waals surface area contributed by atoms with Crippen molar-refractivity contribution >= 4 is 54.9 Å². The third-order valence-electron chi connectivity index (χ3n) is 13.2. The molecule has 0 saturated carbocycles. The quantitative estimate of drug-likeness (QED) is 0.150. The van der Waals surface area contributed by atoms with Gasteiger partial charge in [-0.3, -0.25) is 0 Å². The average Bonchev–Trinajstić information content (AvgIpc) is 3.88. The fraction of sp³-hybridized carbons (Fsp3) is 0.0678. The maximum absolute atomic E-state index is 5.47. The number of hydrogen-bond donors (Lipinski definition) is 0. The van der Waals surface area contributed by atoms with Crippen molar-refractivity contribution in [3.05, 3.63) is 230 Å². The zero-order valence-electron chi connectivity index (χ0n) is 34.5. The standard InChI is InChI=1S/C59H43N3/c1-2-47-48-22-12-14-24-53(48)62(59(47)43-18-8-4-9-19-43)46-33-30-40(31-34-46)39-26-28-41(29-27-39)44-32-36-52-51(38-44)49-35-37-55-56(57(49)58(60-52)42-16-6-3-7-17-42)50-23-13-15-25-54(50)61(55)45-20-10-5-11-21-45/h3-38,47,59H,2H2,1H3/t47-,59?/m1/s1. The molecule has 294 valence electrons. The number of nitrogens with zero attached hydrogens (tertiary/aromatic N) is 3. The van der Waals surface area contributed by atoms with E-state index in [-0.39, 0.29) is 6.04 Å². The SMILES string of the molecule is CC[C@@H]1c2ccccc2N(c2ccc(-c3ccc(-c4ccc5nc(-c6ccccc6)c6c(ccc7c6c6ccccc6n7-c6ccccc6)c5c4)cc3)cc2)C1c1ccccc1. The van der Waals surface area contributed by atoms with Crippen LogP contribution in [0.25, 0.3) is 82.7 Å². The van der Waals surface area contributed by atoms with E-state index in [1.165, 1.54) is 77.3 Å². The molecule has 1 aliphatic heterocycles. The van der Waals surface area contributed by atoms with Crippen molar-refractivity contribution < 1.29 is 0 Å². The molecule has 1 aliphatic rings. The molecule has 0 radical (unpaired) electrons. The summed E-state index contributed by atoms with van der Waals surface area (Å²) in [6.45, 7) is 2.32. The molecule has 3 heteroatoms. The average molecular weight is 794 g/mol. The molecule has 3 heterocycles. The maximum atomic E-state index is 5.47. The van der Waals surface area contributed by atoms with Gasteiger partial charge < -0.3 is 9.47 Å². The van der Waals surface area contributed by atoms with Gasteiger partial charge in [-0.2, -0.15) is 0 Å². The van der Waals surface area contributed by atoms with E-state index in [0.717, 1.165) is 34.3 Å². The third-order valence-corrected chi connectivity index (χ3v) is 13.2. The van der Waals surface area contributed by atoms with Crippen molar-refractivity contribution in [2.45, 2.75) is 25.3 Å². The highest BCUT2D eigenvalue weighted by atomic mass is 15.2. The van der Waals surface area contributed by atoms with Crippen LogP contribution in [0.1, 0.15) is 36.4 Å². The number of hydrogen-bond acceptors (Lipinski definition) is 2. The molecule has 0 bridgehead atoms. The minimum Gasteiger partial charge on any atom is -0.333 e. The summed E-state index contributed by atoms with van der Waals surface area (Å²) in [6, 6.07) is 79.9. The van der Waals surface area contributed by atoms with Crippen molar-refractivity contribution in [2.75, 3.05) is 4.90 Å². The summed E-state index contributed by atoms with van der Waals surface area (Å²) >= 11 is 0. The minimum atomic E-state index is 0.253. The molecule has 9 aromatic carbocycles. The summed E-state index contributed by atoms with van der Waals surface area (Å²) in [5.74, 6) is 0.429. The number of benzene rings is 9. The fourth-order valence-corrected chi connectivity index (χ4v) is 10.4. The van der Waals surface area contributed by atoms with Crippen LogP contribution >= 0.6 is 0 Å². The van der Waals surface area contributed by atoms with Gasteiger partial charge >= 0.3 is 0 Å². The molecule has 62 heavy (non-hydrogen) atoms. The van der Waals surface area contributed by atoms with Gasteiger partial charge in [-0.25, -0.2) is 4.98 Å². The lowest BCUT2D eigenvalue weighted by Gasteiger charge is -2.31. The van der Waals surface area contributed by atoms with Crippen LogP contribution < -0.4 is 4.90 Å². The summed E-state index contributed by atoms with van der Waals surface area (Å²) in [5.41, 5.74) is 16.7. The lowest BCUT2D eigenvalue weighted by Crippen LogP contribution is -2.22. The smallest absolute Gasteiger partial charge is 0.0795 e. The van der Waals surface area contributed by atoms with E-state index in [9.17, 15) is 0 Å². The second-order valence-corrected chi connectivity index (χ2v) is 16.6. The van der Waals surface area contributed by atoms with E-state index in [4.69, 9.17) is 4.98 Å². The van der Waals surface area contributed by atoms with Crippen molar-refractivity contribution in [3.8, 4) is 39.2 Å². The highest BCUT2D eigenvalue weighted by Gasteiger charge is 2.39. The summed E-state index contributed by atoms with van der Waals surface area (Å²) in [6.07, 6.45) is 1.08. The van der Waals surface area contributed by atoms with Gasteiger partial charge in [-0.1, -0.05) is 171 Å². The predicted molar refractivity (Wildman–Crippen MR) is 261 cm³/mol. The first-order valence-corrected chi connectivity index (χ1v) is 21.8. The summed E-state index contributed by atoms with van der Waals surface area (Å²) in [4.78, 5) is 8.02. The first-order valence-electron chi connectivity index (χ1n) is 21.8. The zero-order valence-corrected chi connectivity index (χ0v) is 34.5. The Morgan fingerprint density at radius 2 is 1.05 bits per heavy atom. The Kier molecular flexibility index (Phi) is 8.60. The Morgan fingerprint density at radius 3 is 1.79 bits per heavy atom. The molecule has 3 nitrogen and oxygen atoms in total. The van der Waals surface area contributed by atoms with Crippen LogP contribution in [0.2, 0.25) is 0 Å². The maximum Gasteiger partial charge on any atom is 0.0795 e. The molecule has 0 saturated heterocycles. The third kappa shape index (κ3) is 5.77. The number of aromatic nitrogens is 2. The molecule has 12 rings (SSSR count). The fourth-order valence-electron chi connectivity index (χ4n) is 10.4. The van der Waals surface area contributed by atoms with Crippen molar-refractivity contribution in [1.29, 1.82) is 0 Å². The topological polar surface area (TPSA) is 21.1 Å². The molecular weight excluding hydrogens is 751 g/mol. The normalized spacial score (nSPS) is 14.9. The molecule has 0 amide bonds. The number of para-hydroxylation sites is 3. The minimum absolute atomic E-state index is 0.253. The van der Waals surface area contributed by atoms with Crippen LogP contribution in [0.3, 0.4) is 0 Å². The monoisotopic (exact) mass is 793 g/mol. The summed E-state index contributed by atoms with van der Waals surface area (Å²) < 4.78 is 2.39. The van der Waals surface area contributed by atoms with E-state index in [1.807, 2.05) is 0 Å². The Labute approximate surface area is 361 Å². The molecule has 2 aromatic heterocycles. The van der Waals surface area contributed by atoms with Gasteiger partial charge in [0.1, 0.15) is 0 Å². The lowest BCUT2D eigenvalue weighted by molar-refractivity contribution is 0.567. The first kappa shape index (κ1) is 36.1. The molecule has 0 spiro atoms. The van der Waals surface area contributed by atoms with E-state index in [0.29, 0.717) is 5.92 Å². The summed E-state index contributed by atoms with van der Waals surface area (Å²) in [7, 11) is 0. The van der Waals surface area contributed by atoms with Crippen LogP contribution in [0.4, 0.5) is 11.4 Å². The largest absolute Gasteiger partial charge is 0.333 e. The van der Waals surface area contributed by atoms with Crippen molar-refractivity contribution in [2.24, 2.45) is 0 Å². The molecule has 11 aromatic rings. The van der Waals surface area contributed by atoms with E-state index in [1.54, 1.807) is 0 Å². The number of fused-ring (bicyclic) bond motifs is 8. The highest BCUT2D eigenvalue weighted by molar-refractivity contribution is 6.28. The van der Waals surface area contributed by atoms with Crippen molar-refractivity contribution in [3.63, 3.8) is 0 Å². The van der Waals surface area contributed by atoms with E-state index in [2.05, 4.69) is 235 Å². The van der Waals surface area contributed by atoms with Crippen LogP contribution in [0, 0.1) is 0 Å². The van der Waals surface area contributed by atoms with Gasteiger partial charge in [0.05, 0.1) is 28.3 Å². The highest BCUT2D eigenvalue weighted by Crippen LogP contribution is 2.54. The Hall–Kier alpha value is -7.75. The van der Waals surface area contributed by atoms with Gasteiger partial charge in [0.25, 0.3) is 0 Å². The van der Waals surface area contributed by atoms with Crippen molar-refractivity contribution in [1.82, 2.24) is 9.55 Å². The number of pyridine rings is 1. The molecule has 2 atom stereocenters. The Balaban J connectivity index is 0.940. The second-order valence-electron chi connectivity index (χ2n) is 16.6. The van der Waals surface area contributed by atoms with Gasteiger partial charge in [0.2, 0.25) is 0 Å². The first-order chi connectivity index (χ1) is 30.7. The number of anilines is 2. The van der Waals surface area contributed by atoms with Gasteiger partial charge in [-0.05, 0) is 99.8 Å². The van der Waals surface area contributed by atoms with Gasteiger partial charge in [0, 0.05) is 50.1 Å². The lowest BCUT2D eigenvalue weighted by atomic mass is 9.88. The Morgan fingerprint density at radius 1 is 0.435 bits per heavy atom. The van der Waals surface area contributed by atoms with Gasteiger partial charge in [0.15, 0.2) is 0 Å². The van der Waals surface area contributed by atoms with Crippen LogP contribution in [0.15, 0.2) is 218 Å². The summed E-state index contributed by atoms with van der Waals surface area (Å²) in [5, 5.41) is 5.99. The zero-order chi connectivity index (χ0) is 41.1. The molecule has 0 N–H and O–H groups in total. The van der Waals surface area contributed by atoms with E-state index < -0.39 is 0 Å². The number of rotatable bonds is 7. The van der Waals surface area contributed by atoms with Gasteiger partial charge in [-0.15, -0.1) is 0 Å². The Bertz CT molecular complexity index is 3430.